The molecule has 1 saturated heterocycles. The van der Waals surface area contributed by atoms with Crippen LogP contribution in [0.2, 0.25) is 0 Å². The highest BCUT2D eigenvalue weighted by Gasteiger charge is 2.23. The van der Waals surface area contributed by atoms with Gasteiger partial charge in [0.25, 0.3) is 5.91 Å². The quantitative estimate of drug-likeness (QED) is 0.752. The molecule has 1 fully saturated rings. The number of aryl methyl sites for hydroxylation is 1. The van der Waals surface area contributed by atoms with Crippen molar-refractivity contribution in [2.45, 2.75) is 33.1 Å². The first-order valence-electron chi connectivity index (χ1n) is 9.97. The Balaban J connectivity index is 1.62. The van der Waals surface area contributed by atoms with Crippen molar-refractivity contribution in [1.29, 1.82) is 0 Å². The molecule has 5 nitrogen and oxygen atoms in total. The first-order valence-corrected chi connectivity index (χ1v) is 10.4. The zero-order valence-corrected chi connectivity index (χ0v) is 17.7. The van der Waals surface area contributed by atoms with Crippen LogP contribution in [-0.4, -0.2) is 34.9 Å². The van der Waals surface area contributed by atoms with E-state index in [1.807, 2.05) is 48.2 Å². The van der Waals surface area contributed by atoms with Crippen molar-refractivity contribution in [2.75, 3.05) is 18.4 Å². The van der Waals surface area contributed by atoms with Crippen LogP contribution in [0.15, 0.2) is 48.5 Å². The Hall–Kier alpha value is -2.73. The van der Waals surface area contributed by atoms with E-state index in [4.69, 9.17) is 12.2 Å². The van der Waals surface area contributed by atoms with Gasteiger partial charge in [0, 0.05) is 13.1 Å². The summed E-state index contributed by atoms with van der Waals surface area (Å²) >= 11 is 5.31. The normalized spacial score (nSPS) is 14.3. The highest BCUT2D eigenvalue weighted by atomic mass is 32.1. The number of rotatable bonds is 4. The lowest BCUT2D eigenvalue weighted by Crippen LogP contribution is -2.39. The minimum atomic E-state index is -0.189. The van der Waals surface area contributed by atoms with Crippen LogP contribution in [0.5, 0.6) is 0 Å². The zero-order chi connectivity index (χ0) is 20.8. The van der Waals surface area contributed by atoms with Crippen molar-refractivity contribution in [2.24, 2.45) is 5.92 Å². The third-order valence-electron chi connectivity index (χ3n) is 5.34. The number of para-hydroxylation sites is 1. The lowest BCUT2D eigenvalue weighted by Gasteiger charge is -2.31. The van der Waals surface area contributed by atoms with Gasteiger partial charge < -0.3 is 15.5 Å². The molecule has 152 valence electrons. The maximum Gasteiger partial charge on any atom is 0.255 e. The Bertz CT molecular complexity index is 905. The molecular formula is C23H27N3O2S. The number of likely N-dealkylation sites (tertiary alicyclic amines) is 1. The average Bonchev–Trinajstić information content (AvgIpc) is 2.70. The summed E-state index contributed by atoms with van der Waals surface area (Å²) in [6, 6.07) is 15.0. The Morgan fingerprint density at radius 2 is 1.72 bits per heavy atom. The second-order valence-electron chi connectivity index (χ2n) is 7.63. The highest BCUT2D eigenvalue weighted by Crippen LogP contribution is 2.22. The molecule has 2 aromatic carbocycles. The van der Waals surface area contributed by atoms with Gasteiger partial charge in [-0.25, -0.2) is 0 Å². The van der Waals surface area contributed by atoms with Crippen molar-refractivity contribution >= 4 is 34.8 Å². The fourth-order valence-electron chi connectivity index (χ4n) is 3.47. The van der Waals surface area contributed by atoms with E-state index in [0.717, 1.165) is 37.1 Å². The van der Waals surface area contributed by atoms with Gasteiger partial charge in [-0.15, -0.1) is 0 Å². The minimum absolute atomic E-state index is 0.00552. The number of amides is 2. The van der Waals surface area contributed by atoms with Gasteiger partial charge in [0.2, 0.25) is 5.91 Å². The van der Waals surface area contributed by atoms with Crippen molar-refractivity contribution in [1.82, 2.24) is 10.2 Å². The molecule has 29 heavy (non-hydrogen) atoms. The van der Waals surface area contributed by atoms with Gasteiger partial charge in [-0.05, 0) is 61.2 Å². The van der Waals surface area contributed by atoms with E-state index in [1.165, 1.54) is 0 Å². The molecule has 6 heteroatoms. The molecule has 2 N–H and O–H groups in total. The number of hydrogen-bond acceptors (Lipinski definition) is 3. The fraction of sp³-hybridized carbons (Fsp3) is 0.348. The Kier molecular flexibility index (Phi) is 6.99. The fourth-order valence-corrected chi connectivity index (χ4v) is 3.69. The van der Waals surface area contributed by atoms with E-state index in [-0.39, 0.29) is 23.3 Å². The van der Waals surface area contributed by atoms with Gasteiger partial charge in [0.15, 0.2) is 5.11 Å². The van der Waals surface area contributed by atoms with Gasteiger partial charge in [-0.1, -0.05) is 43.3 Å². The van der Waals surface area contributed by atoms with Crippen LogP contribution in [0.1, 0.15) is 41.3 Å². The summed E-state index contributed by atoms with van der Waals surface area (Å²) in [7, 11) is 0. The average molecular weight is 410 g/mol. The van der Waals surface area contributed by atoms with Crippen LogP contribution in [-0.2, 0) is 11.2 Å². The number of thiocarbonyl (C=S) groups is 1. The maximum absolute atomic E-state index is 13.0. The highest BCUT2D eigenvalue weighted by molar-refractivity contribution is 7.80. The molecule has 0 spiro atoms. The van der Waals surface area contributed by atoms with Gasteiger partial charge in [0.05, 0.1) is 17.7 Å². The number of carbonyl (C=O) groups excluding carboxylic acids is 2. The lowest BCUT2D eigenvalue weighted by molar-refractivity contribution is -0.119. The van der Waals surface area contributed by atoms with Gasteiger partial charge in [0.1, 0.15) is 0 Å². The predicted octanol–water partition coefficient (Wildman–Crippen LogP) is 3.92. The Morgan fingerprint density at radius 3 is 2.45 bits per heavy atom. The molecule has 2 aromatic rings. The molecule has 0 atom stereocenters. The summed E-state index contributed by atoms with van der Waals surface area (Å²) in [5.41, 5.74) is 3.20. The SMILES string of the molecule is Cc1ccccc1CC(=O)NC(=S)Nc1ccccc1C(=O)N1CCC(C)CC1. The molecule has 1 heterocycles. The molecular weight excluding hydrogens is 382 g/mol. The second kappa shape index (κ2) is 9.65. The van der Waals surface area contributed by atoms with Crippen LogP contribution in [0.3, 0.4) is 0 Å². The number of piperidine rings is 1. The van der Waals surface area contributed by atoms with Crippen LogP contribution >= 0.6 is 12.2 Å². The number of benzene rings is 2. The number of anilines is 1. The number of nitrogens with zero attached hydrogens (tertiary/aromatic N) is 1. The third kappa shape index (κ3) is 5.64. The number of carbonyl (C=O) groups is 2. The van der Waals surface area contributed by atoms with E-state index >= 15 is 0 Å². The molecule has 0 aromatic heterocycles. The van der Waals surface area contributed by atoms with Crippen molar-refractivity contribution in [3.8, 4) is 0 Å². The third-order valence-corrected chi connectivity index (χ3v) is 5.55. The summed E-state index contributed by atoms with van der Waals surface area (Å²) in [6.07, 6.45) is 2.30. The minimum Gasteiger partial charge on any atom is -0.339 e. The van der Waals surface area contributed by atoms with Crippen LogP contribution < -0.4 is 10.6 Å². The molecule has 2 amide bonds. The van der Waals surface area contributed by atoms with Crippen LogP contribution in [0.25, 0.3) is 0 Å². The Labute approximate surface area is 177 Å². The largest absolute Gasteiger partial charge is 0.339 e. The molecule has 0 bridgehead atoms. The molecule has 0 radical (unpaired) electrons. The first kappa shape index (κ1) is 21.0. The van der Waals surface area contributed by atoms with Gasteiger partial charge >= 0.3 is 0 Å². The summed E-state index contributed by atoms with van der Waals surface area (Å²) in [4.78, 5) is 27.2. The Morgan fingerprint density at radius 1 is 1.07 bits per heavy atom. The topological polar surface area (TPSA) is 61.4 Å². The van der Waals surface area contributed by atoms with E-state index in [0.29, 0.717) is 17.2 Å². The van der Waals surface area contributed by atoms with Crippen LogP contribution in [0.4, 0.5) is 5.69 Å². The smallest absolute Gasteiger partial charge is 0.255 e. The summed E-state index contributed by atoms with van der Waals surface area (Å²) < 4.78 is 0. The molecule has 0 saturated carbocycles. The lowest BCUT2D eigenvalue weighted by atomic mass is 9.98. The van der Waals surface area contributed by atoms with Crippen molar-refractivity contribution in [3.05, 3.63) is 65.2 Å². The predicted molar refractivity (Wildman–Crippen MR) is 120 cm³/mol. The van der Waals surface area contributed by atoms with E-state index in [2.05, 4.69) is 17.6 Å². The number of nitrogens with one attached hydrogen (secondary N) is 2. The maximum atomic E-state index is 13.0. The summed E-state index contributed by atoms with van der Waals surface area (Å²) in [5.74, 6) is 0.461. The van der Waals surface area contributed by atoms with E-state index in [1.54, 1.807) is 12.1 Å². The monoisotopic (exact) mass is 409 g/mol. The molecule has 0 unspecified atom stereocenters. The first-order chi connectivity index (χ1) is 13.9. The molecule has 0 aliphatic carbocycles. The zero-order valence-electron chi connectivity index (χ0n) is 16.9. The summed E-state index contributed by atoms with van der Waals surface area (Å²) in [6.45, 7) is 5.73. The van der Waals surface area contributed by atoms with E-state index in [9.17, 15) is 9.59 Å². The van der Waals surface area contributed by atoms with Crippen LogP contribution in [0, 0.1) is 12.8 Å². The molecule has 1 aliphatic rings. The molecule has 1 aliphatic heterocycles. The van der Waals surface area contributed by atoms with E-state index < -0.39 is 0 Å². The van der Waals surface area contributed by atoms with Gasteiger partial charge in [-0.3, -0.25) is 9.59 Å². The standard InChI is InChI=1S/C23H27N3O2S/c1-16-11-13-26(14-12-16)22(28)19-9-5-6-10-20(19)24-23(29)25-21(27)15-18-8-4-3-7-17(18)2/h3-10,16H,11-15H2,1-2H3,(H2,24,25,27,29). The second-order valence-corrected chi connectivity index (χ2v) is 8.03. The van der Waals surface area contributed by atoms with Crippen molar-refractivity contribution < 1.29 is 9.59 Å². The summed E-state index contributed by atoms with van der Waals surface area (Å²) in [5, 5.41) is 5.93. The molecule has 3 rings (SSSR count). The number of hydrogen-bond donors (Lipinski definition) is 2. The van der Waals surface area contributed by atoms with Gasteiger partial charge in [-0.2, -0.15) is 0 Å². The van der Waals surface area contributed by atoms with Crippen molar-refractivity contribution in [3.63, 3.8) is 0 Å².